The molecule has 3 N–H and O–H groups in total. The molecule has 0 spiro atoms. The number of nitrogens with two attached hydrogens (primary N) is 1. The number of rotatable bonds is 5. The van der Waals surface area contributed by atoms with Gasteiger partial charge in [0.2, 0.25) is 0 Å². The van der Waals surface area contributed by atoms with Gasteiger partial charge in [-0.25, -0.2) is 0 Å². The van der Waals surface area contributed by atoms with E-state index in [1.807, 2.05) is 32.0 Å². The van der Waals surface area contributed by atoms with E-state index in [-0.39, 0.29) is 11.8 Å². The lowest BCUT2D eigenvalue weighted by atomic mass is 10.1. The number of benzene rings is 1. The van der Waals surface area contributed by atoms with E-state index in [2.05, 4.69) is 5.32 Å². The topological polar surface area (TPSA) is 55.1 Å². The highest BCUT2D eigenvalue weighted by molar-refractivity contribution is 6.04. The standard InChI is InChI=1S/C13H18N2O/c1-10(14)9-15-11(2)8-13(16)12-6-4-3-5-7-12/h3-8,10,15H,9,14H2,1-2H3/t10-/m0/s1. The lowest BCUT2D eigenvalue weighted by Gasteiger charge is -2.08. The summed E-state index contributed by atoms with van der Waals surface area (Å²) in [6.45, 7) is 4.45. The molecule has 0 fully saturated rings. The molecule has 3 heteroatoms. The van der Waals surface area contributed by atoms with Crippen LogP contribution in [-0.2, 0) is 0 Å². The molecular formula is C13H18N2O. The molecule has 0 radical (unpaired) electrons. The second-order valence-electron chi connectivity index (χ2n) is 3.92. The van der Waals surface area contributed by atoms with Gasteiger partial charge in [-0.05, 0) is 13.8 Å². The average molecular weight is 218 g/mol. The van der Waals surface area contributed by atoms with Gasteiger partial charge in [0, 0.05) is 29.9 Å². The maximum absolute atomic E-state index is 11.8. The van der Waals surface area contributed by atoms with Gasteiger partial charge in [-0.15, -0.1) is 0 Å². The number of ketones is 1. The van der Waals surface area contributed by atoms with Crippen LogP contribution in [0.5, 0.6) is 0 Å². The fourth-order valence-electron chi connectivity index (χ4n) is 1.26. The first-order chi connectivity index (χ1) is 7.59. The van der Waals surface area contributed by atoms with Gasteiger partial charge in [0.25, 0.3) is 0 Å². The first-order valence-electron chi connectivity index (χ1n) is 5.36. The van der Waals surface area contributed by atoms with Crippen LogP contribution in [0.2, 0.25) is 0 Å². The minimum Gasteiger partial charge on any atom is -0.387 e. The Hall–Kier alpha value is -1.61. The van der Waals surface area contributed by atoms with Crippen molar-refractivity contribution in [3.63, 3.8) is 0 Å². The zero-order valence-electron chi connectivity index (χ0n) is 9.73. The molecule has 0 aliphatic heterocycles. The maximum Gasteiger partial charge on any atom is 0.187 e. The van der Waals surface area contributed by atoms with Crippen LogP contribution in [0.4, 0.5) is 0 Å². The SMILES string of the molecule is CC(=CC(=O)c1ccccc1)NC[C@H](C)N. The Labute approximate surface area is 96.3 Å². The molecule has 1 aromatic carbocycles. The second kappa shape index (κ2) is 6.08. The Morgan fingerprint density at radius 2 is 2.06 bits per heavy atom. The van der Waals surface area contributed by atoms with Crippen molar-refractivity contribution >= 4 is 5.78 Å². The van der Waals surface area contributed by atoms with Gasteiger partial charge in [0.05, 0.1) is 0 Å². The number of allylic oxidation sites excluding steroid dienone is 2. The van der Waals surface area contributed by atoms with Crippen LogP contribution in [0.1, 0.15) is 24.2 Å². The first kappa shape index (κ1) is 12.5. The van der Waals surface area contributed by atoms with Crippen LogP contribution in [0.15, 0.2) is 42.1 Å². The van der Waals surface area contributed by atoms with E-state index >= 15 is 0 Å². The molecular weight excluding hydrogens is 200 g/mol. The van der Waals surface area contributed by atoms with Gasteiger partial charge in [-0.1, -0.05) is 30.3 Å². The third-order valence-electron chi connectivity index (χ3n) is 2.11. The zero-order valence-corrected chi connectivity index (χ0v) is 9.73. The summed E-state index contributed by atoms with van der Waals surface area (Å²) >= 11 is 0. The predicted molar refractivity (Wildman–Crippen MR) is 66.2 cm³/mol. The van der Waals surface area contributed by atoms with Crippen LogP contribution in [0, 0.1) is 0 Å². The summed E-state index contributed by atoms with van der Waals surface area (Å²) in [6.07, 6.45) is 1.59. The molecule has 1 aromatic rings. The van der Waals surface area contributed by atoms with Gasteiger partial charge in [-0.2, -0.15) is 0 Å². The summed E-state index contributed by atoms with van der Waals surface area (Å²) < 4.78 is 0. The van der Waals surface area contributed by atoms with E-state index in [1.165, 1.54) is 0 Å². The van der Waals surface area contributed by atoms with Gasteiger partial charge >= 0.3 is 0 Å². The van der Waals surface area contributed by atoms with Crippen molar-refractivity contribution in [3.05, 3.63) is 47.7 Å². The van der Waals surface area contributed by atoms with E-state index in [9.17, 15) is 4.79 Å². The second-order valence-corrected chi connectivity index (χ2v) is 3.92. The van der Waals surface area contributed by atoms with Crippen LogP contribution in [0.25, 0.3) is 0 Å². The van der Waals surface area contributed by atoms with E-state index in [4.69, 9.17) is 5.73 Å². The number of carbonyl (C=O) groups excluding carboxylic acids is 1. The Kier molecular flexibility index (Phi) is 4.73. The smallest absolute Gasteiger partial charge is 0.187 e. The Morgan fingerprint density at radius 3 is 2.62 bits per heavy atom. The van der Waals surface area contributed by atoms with Crippen LogP contribution in [-0.4, -0.2) is 18.4 Å². The van der Waals surface area contributed by atoms with Crippen molar-refractivity contribution in [1.82, 2.24) is 5.32 Å². The molecule has 0 bridgehead atoms. The molecule has 0 aliphatic rings. The monoisotopic (exact) mass is 218 g/mol. The third kappa shape index (κ3) is 4.28. The molecule has 1 atom stereocenters. The minimum atomic E-state index is 0.00951. The summed E-state index contributed by atoms with van der Waals surface area (Å²) in [5.74, 6) is 0.00951. The highest BCUT2D eigenvalue weighted by Gasteiger charge is 2.01. The van der Waals surface area contributed by atoms with E-state index in [1.54, 1.807) is 18.2 Å². The summed E-state index contributed by atoms with van der Waals surface area (Å²) in [5, 5.41) is 3.10. The van der Waals surface area contributed by atoms with Crippen molar-refractivity contribution < 1.29 is 4.79 Å². The molecule has 0 saturated carbocycles. The number of carbonyl (C=O) groups is 1. The molecule has 0 aliphatic carbocycles. The normalized spacial score (nSPS) is 13.3. The molecule has 0 heterocycles. The Morgan fingerprint density at radius 1 is 1.44 bits per heavy atom. The van der Waals surface area contributed by atoms with E-state index in [0.29, 0.717) is 12.1 Å². The average Bonchev–Trinajstić information content (AvgIpc) is 2.27. The molecule has 0 amide bonds. The summed E-state index contributed by atoms with van der Waals surface area (Å²) in [6, 6.07) is 9.28. The minimum absolute atomic E-state index is 0.00951. The lowest BCUT2D eigenvalue weighted by Crippen LogP contribution is -2.30. The Bertz CT molecular complexity index is 369. The number of hydrogen-bond donors (Lipinski definition) is 2. The van der Waals surface area contributed by atoms with Crippen LogP contribution < -0.4 is 11.1 Å². The van der Waals surface area contributed by atoms with Crippen LogP contribution >= 0.6 is 0 Å². The van der Waals surface area contributed by atoms with Crippen LogP contribution in [0.3, 0.4) is 0 Å². The fourth-order valence-corrected chi connectivity index (χ4v) is 1.26. The largest absolute Gasteiger partial charge is 0.387 e. The maximum atomic E-state index is 11.8. The quantitative estimate of drug-likeness (QED) is 0.584. The molecule has 3 nitrogen and oxygen atoms in total. The summed E-state index contributed by atoms with van der Waals surface area (Å²) in [7, 11) is 0. The Balaban J connectivity index is 2.59. The van der Waals surface area contributed by atoms with Gasteiger partial charge in [0.1, 0.15) is 0 Å². The van der Waals surface area contributed by atoms with Crippen molar-refractivity contribution in [3.8, 4) is 0 Å². The highest BCUT2D eigenvalue weighted by atomic mass is 16.1. The third-order valence-corrected chi connectivity index (χ3v) is 2.11. The molecule has 1 rings (SSSR count). The van der Waals surface area contributed by atoms with Crippen molar-refractivity contribution in [2.45, 2.75) is 19.9 Å². The van der Waals surface area contributed by atoms with E-state index < -0.39 is 0 Å². The predicted octanol–water partition coefficient (Wildman–Crippen LogP) is 1.71. The fraction of sp³-hybridized carbons (Fsp3) is 0.308. The van der Waals surface area contributed by atoms with Gasteiger partial charge in [0.15, 0.2) is 5.78 Å². The lowest BCUT2D eigenvalue weighted by molar-refractivity contribution is 0.104. The highest BCUT2D eigenvalue weighted by Crippen LogP contribution is 2.02. The molecule has 0 aromatic heterocycles. The number of hydrogen-bond acceptors (Lipinski definition) is 3. The first-order valence-corrected chi connectivity index (χ1v) is 5.36. The molecule has 0 unspecified atom stereocenters. The molecule has 16 heavy (non-hydrogen) atoms. The van der Waals surface area contributed by atoms with Crippen molar-refractivity contribution in [2.75, 3.05) is 6.54 Å². The summed E-state index contributed by atoms with van der Waals surface area (Å²) in [4.78, 5) is 11.8. The van der Waals surface area contributed by atoms with E-state index in [0.717, 1.165) is 5.70 Å². The zero-order chi connectivity index (χ0) is 12.0. The van der Waals surface area contributed by atoms with Gasteiger partial charge < -0.3 is 11.1 Å². The van der Waals surface area contributed by atoms with Crippen molar-refractivity contribution in [1.29, 1.82) is 0 Å². The molecule has 86 valence electrons. The summed E-state index contributed by atoms with van der Waals surface area (Å²) in [5.41, 5.74) is 7.15. The van der Waals surface area contributed by atoms with Crippen molar-refractivity contribution in [2.24, 2.45) is 5.73 Å². The number of nitrogens with one attached hydrogen (secondary N) is 1. The molecule has 0 saturated heterocycles. The van der Waals surface area contributed by atoms with Gasteiger partial charge in [-0.3, -0.25) is 4.79 Å².